The zero-order valence-electron chi connectivity index (χ0n) is 15.3. The average Bonchev–Trinajstić information content (AvgIpc) is 3.07. The molecule has 1 fully saturated rings. The van der Waals surface area contributed by atoms with E-state index in [1.54, 1.807) is 31.4 Å². The topological polar surface area (TPSA) is 65.4 Å². The van der Waals surface area contributed by atoms with Crippen LogP contribution in [0.3, 0.4) is 0 Å². The summed E-state index contributed by atoms with van der Waals surface area (Å²) >= 11 is 0.291. The van der Waals surface area contributed by atoms with E-state index in [0.717, 1.165) is 12.2 Å². The van der Waals surface area contributed by atoms with Crippen molar-refractivity contribution in [3.05, 3.63) is 47.9 Å². The Morgan fingerprint density at radius 2 is 2.00 bits per heavy atom. The predicted molar refractivity (Wildman–Crippen MR) is 102 cm³/mol. The maximum atomic E-state index is 12.9. The molecular weight excluding hydrogens is 386 g/mol. The Morgan fingerprint density at radius 3 is 2.64 bits per heavy atom. The van der Waals surface area contributed by atoms with Gasteiger partial charge in [-0.05, 0) is 60.5 Å². The van der Waals surface area contributed by atoms with Gasteiger partial charge in [0, 0.05) is 11.5 Å². The minimum Gasteiger partial charge on any atom is -0.497 e. The second kappa shape index (κ2) is 7.75. The fraction of sp³-hybridized carbons (Fsp3) is 0.316. The largest absolute Gasteiger partial charge is 0.497 e. The minimum atomic E-state index is -2.63. The van der Waals surface area contributed by atoms with Crippen LogP contribution in [-0.2, 0) is 0 Å². The molecule has 0 N–H and O–H groups in total. The SMILES string of the molecule is COc1ccc(-c2nnc(SC(F)F)n2/N=C\c2ccc([C@H]3C[C@@H]3C)o2)cc1. The van der Waals surface area contributed by atoms with Crippen molar-refractivity contribution < 1.29 is 17.9 Å². The van der Waals surface area contributed by atoms with E-state index in [2.05, 4.69) is 22.2 Å². The molecule has 1 aliphatic carbocycles. The van der Waals surface area contributed by atoms with Crippen LogP contribution in [0.2, 0.25) is 0 Å². The Kier molecular flexibility index (Phi) is 5.17. The van der Waals surface area contributed by atoms with Crippen molar-refractivity contribution in [2.24, 2.45) is 11.0 Å². The molecular formula is C19H18F2N4O2S. The van der Waals surface area contributed by atoms with Crippen LogP contribution < -0.4 is 4.74 Å². The first-order valence-electron chi connectivity index (χ1n) is 8.74. The summed E-state index contributed by atoms with van der Waals surface area (Å²) in [5.41, 5.74) is 0.679. The lowest BCUT2D eigenvalue weighted by Gasteiger charge is -2.05. The number of thioether (sulfide) groups is 1. The second-order valence-electron chi connectivity index (χ2n) is 6.53. The molecule has 6 nitrogen and oxygen atoms in total. The van der Waals surface area contributed by atoms with Gasteiger partial charge in [-0.15, -0.1) is 10.2 Å². The van der Waals surface area contributed by atoms with Crippen molar-refractivity contribution in [2.45, 2.75) is 30.2 Å². The molecule has 3 aromatic rings. The highest BCUT2D eigenvalue weighted by atomic mass is 32.2. The van der Waals surface area contributed by atoms with Gasteiger partial charge in [0.2, 0.25) is 5.16 Å². The van der Waals surface area contributed by atoms with Gasteiger partial charge in [0.05, 0.1) is 13.3 Å². The molecule has 0 radical (unpaired) electrons. The highest BCUT2D eigenvalue weighted by molar-refractivity contribution is 7.99. The minimum absolute atomic E-state index is 0.000312. The number of hydrogen-bond donors (Lipinski definition) is 0. The summed E-state index contributed by atoms with van der Waals surface area (Å²) in [6, 6.07) is 10.8. The Balaban J connectivity index is 1.64. The third-order valence-corrected chi connectivity index (χ3v) is 5.22. The van der Waals surface area contributed by atoms with Gasteiger partial charge in [-0.3, -0.25) is 0 Å². The lowest BCUT2D eigenvalue weighted by atomic mass is 10.2. The number of nitrogens with zero attached hydrogens (tertiary/aromatic N) is 4. The van der Waals surface area contributed by atoms with Crippen LogP contribution in [-0.4, -0.2) is 34.0 Å². The second-order valence-corrected chi connectivity index (χ2v) is 7.49. The zero-order chi connectivity index (χ0) is 19.7. The lowest BCUT2D eigenvalue weighted by molar-refractivity contribution is 0.251. The summed E-state index contributed by atoms with van der Waals surface area (Å²) in [4.78, 5) is 0. The molecule has 0 amide bonds. The number of rotatable bonds is 7. The number of halogens is 2. The zero-order valence-corrected chi connectivity index (χ0v) is 16.1. The molecule has 0 spiro atoms. The third-order valence-electron chi connectivity index (χ3n) is 4.58. The molecule has 1 saturated carbocycles. The fourth-order valence-corrected chi connectivity index (χ4v) is 3.39. The van der Waals surface area contributed by atoms with E-state index < -0.39 is 5.76 Å². The monoisotopic (exact) mass is 404 g/mol. The van der Waals surface area contributed by atoms with Crippen LogP contribution in [0, 0.1) is 5.92 Å². The molecule has 0 unspecified atom stereocenters. The van der Waals surface area contributed by atoms with Crippen molar-refractivity contribution >= 4 is 18.0 Å². The van der Waals surface area contributed by atoms with E-state index in [9.17, 15) is 8.78 Å². The molecule has 0 aliphatic heterocycles. The summed E-state index contributed by atoms with van der Waals surface area (Å²) in [5.74, 6) is 0.962. The molecule has 2 heterocycles. The lowest BCUT2D eigenvalue weighted by Crippen LogP contribution is -1.98. The van der Waals surface area contributed by atoms with Crippen LogP contribution in [0.25, 0.3) is 11.4 Å². The Morgan fingerprint density at radius 1 is 1.25 bits per heavy atom. The molecule has 0 bridgehead atoms. The maximum absolute atomic E-state index is 12.9. The molecule has 2 atom stereocenters. The van der Waals surface area contributed by atoms with Crippen molar-refractivity contribution in [3.8, 4) is 17.1 Å². The number of methoxy groups -OCH3 is 1. The van der Waals surface area contributed by atoms with Gasteiger partial charge in [-0.1, -0.05) is 6.92 Å². The van der Waals surface area contributed by atoms with Crippen LogP contribution in [0.1, 0.15) is 30.8 Å². The number of furan rings is 1. The van der Waals surface area contributed by atoms with Crippen LogP contribution in [0.4, 0.5) is 8.78 Å². The predicted octanol–water partition coefficient (Wildman–Crippen LogP) is 4.87. The van der Waals surface area contributed by atoms with Gasteiger partial charge in [0.1, 0.15) is 17.3 Å². The van der Waals surface area contributed by atoms with Gasteiger partial charge < -0.3 is 9.15 Å². The van der Waals surface area contributed by atoms with Crippen molar-refractivity contribution in [3.63, 3.8) is 0 Å². The maximum Gasteiger partial charge on any atom is 0.291 e. The molecule has 1 aliphatic rings. The first kappa shape index (κ1) is 18.7. The average molecular weight is 404 g/mol. The van der Waals surface area contributed by atoms with Gasteiger partial charge in [-0.25, -0.2) is 0 Å². The van der Waals surface area contributed by atoms with Crippen LogP contribution >= 0.6 is 11.8 Å². The molecule has 9 heteroatoms. The standard InChI is InChI=1S/C19H18F2N4O2S/c1-11-9-15(11)16-8-7-14(27-16)10-22-25-17(23-24-19(25)28-18(20)21)12-3-5-13(26-2)6-4-12/h3-8,10-11,15,18H,9H2,1-2H3/b22-10-/t11-,15-/m0/s1. The van der Waals surface area contributed by atoms with Crippen molar-refractivity contribution in [1.29, 1.82) is 0 Å². The first-order valence-corrected chi connectivity index (χ1v) is 9.62. The highest BCUT2D eigenvalue weighted by Crippen LogP contribution is 2.47. The fourth-order valence-electron chi connectivity index (χ4n) is 2.91. The summed E-state index contributed by atoms with van der Waals surface area (Å²) in [6.45, 7) is 2.17. The van der Waals surface area contributed by atoms with Gasteiger partial charge >= 0.3 is 0 Å². The Labute approximate surface area is 164 Å². The first-order chi connectivity index (χ1) is 13.5. The van der Waals surface area contributed by atoms with Crippen molar-refractivity contribution in [2.75, 3.05) is 7.11 Å². The van der Waals surface area contributed by atoms with E-state index >= 15 is 0 Å². The van der Waals surface area contributed by atoms with Gasteiger partial charge in [0.15, 0.2) is 5.82 Å². The summed E-state index contributed by atoms with van der Waals surface area (Å²) in [6.07, 6.45) is 2.61. The van der Waals surface area contributed by atoms with Crippen molar-refractivity contribution in [1.82, 2.24) is 14.9 Å². The van der Waals surface area contributed by atoms with E-state index in [0.29, 0.717) is 46.5 Å². The van der Waals surface area contributed by atoms with Crippen LogP contribution in [0.5, 0.6) is 5.75 Å². The molecule has 28 heavy (non-hydrogen) atoms. The molecule has 2 aromatic heterocycles. The molecule has 0 saturated heterocycles. The number of ether oxygens (including phenoxy) is 1. The molecule has 4 rings (SSSR count). The summed E-state index contributed by atoms with van der Waals surface area (Å²) < 4.78 is 38.0. The molecule has 1 aromatic carbocycles. The Hall–Kier alpha value is -2.68. The number of alkyl halides is 2. The summed E-state index contributed by atoms with van der Waals surface area (Å²) in [7, 11) is 1.57. The molecule has 146 valence electrons. The quantitative estimate of drug-likeness (QED) is 0.415. The number of hydrogen-bond acceptors (Lipinski definition) is 6. The van der Waals surface area contributed by atoms with E-state index in [-0.39, 0.29) is 5.16 Å². The van der Waals surface area contributed by atoms with E-state index in [1.165, 1.54) is 10.9 Å². The van der Waals surface area contributed by atoms with Gasteiger partial charge in [-0.2, -0.15) is 18.6 Å². The smallest absolute Gasteiger partial charge is 0.291 e. The summed E-state index contributed by atoms with van der Waals surface area (Å²) in [5, 5.41) is 12.2. The number of aromatic nitrogens is 3. The number of benzene rings is 1. The Bertz CT molecular complexity index is 984. The normalized spacial score (nSPS) is 18.9. The van der Waals surface area contributed by atoms with Crippen LogP contribution in [0.15, 0.2) is 51.1 Å². The van der Waals surface area contributed by atoms with E-state index in [4.69, 9.17) is 9.15 Å². The van der Waals surface area contributed by atoms with E-state index in [1.807, 2.05) is 12.1 Å². The third kappa shape index (κ3) is 3.94. The van der Waals surface area contributed by atoms with Gasteiger partial charge in [0.25, 0.3) is 5.76 Å². The highest BCUT2D eigenvalue weighted by Gasteiger charge is 2.36.